The predicted octanol–water partition coefficient (Wildman–Crippen LogP) is 3.15. The van der Waals surface area contributed by atoms with Crippen LogP contribution in [0.5, 0.6) is 0 Å². The van der Waals surface area contributed by atoms with Gasteiger partial charge in [-0.3, -0.25) is 0 Å². The van der Waals surface area contributed by atoms with Gasteiger partial charge in [0.15, 0.2) is 5.15 Å². The predicted molar refractivity (Wildman–Crippen MR) is 69.2 cm³/mol. The lowest BCUT2D eigenvalue weighted by Gasteiger charge is -2.08. The Morgan fingerprint density at radius 1 is 1.24 bits per heavy atom. The number of aryl methyl sites for hydroxylation is 3. The summed E-state index contributed by atoms with van der Waals surface area (Å²) in [5, 5.41) is 9.44. The van der Waals surface area contributed by atoms with Crippen LogP contribution in [0.2, 0.25) is 5.15 Å². The maximum Gasteiger partial charge on any atom is 0.153 e. The summed E-state index contributed by atoms with van der Waals surface area (Å²) in [6.07, 6.45) is 0. The molecule has 90 valence electrons. The lowest BCUT2D eigenvalue weighted by atomic mass is 9.99. The van der Waals surface area contributed by atoms with Crippen molar-refractivity contribution in [3.63, 3.8) is 0 Å². The SMILES string of the molecule is Cc1cc(C)c(-c2nc(Cl)c(CO)[nH]2)c(C)c1. The van der Waals surface area contributed by atoms with Crippen LogP contribution < -0.4 is 0 Å². The minimum atomic E-state index is -0.129. The van der Waals surface area contributed by atoms with Gasteiger partial charge in [0.1, 0.15) is 5.82 Å². The van der Waals surface area contributed by atoms with E-state index in [2.05, 4.69) is 29.0 Å². The summed E-state index contributed by atoms with van der Waals surface area (Å²) in [5.41, 5.74) is 5.14. The number of aliphatic hydroxyl groups is 1. The largest absolute Gasteiger partial charge is 0.390 e. The van der Waals surface area contributed by atoms with Crippen LogP contribution in [-0.4, -0.2) is 15.1 Å². The molecule has 3 nitrogen and oxygen atoms in total. The Morgan fingerprint density at radius 3 is 2.29 bits per heavy atom. The van der Waals surface area contributed by atoms with Crippen molar-refractivity contribution in [3.8, 4) is 11.4 Å². The molecule has 0 aliphatic heterocycles. The molecule has 0 radical (unpaired) electrons. The molecule has 0 saturated heterocycles. The zero-order valence-electron chi connectivity index (χ0n) is 10.1. The molecule has 1 aromatic heterocycles. The van der Waals surface area contributed by atoms with E-state index in [9.17, 15) is 0 Å². The van der Waals surface area contributed by atoms with E-state index in [1.54, 1.807) is 0 Å². The van der Waals surface area contributed by atoms with Crippen molar-refractivity contribution in [2.75, 3.05) is 0 Å². The van der Waals surface area contributed by atoms with Gasteiger partial charge >= 0.3 is 0 Å². The molecule has 17 heavy (non-hydrogen) atoms. The second-order valence-corrected chi connectivity index (χ2v) is 4.64. The number of imidazole rings is 1. The molecule has 0 atom stereocenters. The quantitative estimate of drug-likeness (QED) is 0.860. The van der Waals surface area contributed by atoms with Gasteiger partial charge in [-0.05, 0) is 31.9 Å². The third-order valence-electron chi connectivity index (χ3n) is 2.80. The van der Waals surface area contributed by atoms with E-state index >= 15 is 0 Å². The minimum Gasteiger partial charge on any atom is -0.390 e. The van der Waals surface area contributed by atoms with Gasteiger partial charge in [0.05, 0.1) is 12.3 Å². The van der Waals surface area contributed by atoms with Gasteiger partial charge in [-0.15, -0.1) is 0 Å². The Bertz CT molecular complexity index is 538. The van der Waals surface area contributed by atoms with Crippen LogP contribution in [-0.2, 0) is 6.61 Å². The number of nitrogens with zero attached hydrogens (tertiary/aromatic N) is 1. The number of halogens is 1. The summed E-state index contributed by atoms with van der Waals surface area (Å²) in [5.74, 6) is 0.717. The van der Waals surface area contributed by atoms with E-state index in [0.29, 0.717) is 16.7 Å². The van der Waals surface area contributed by atoms with Gasteiger partial charge in [-0.2, -0.15) is 0 Å². The molecule has 4 heteroatoms. The average Bonchev–Trinajstić information content (AvgIpc) is 2.57. The first kappa shape index (κ1) is 12.1. The highest BCUT2D eigenvalue weighted by Gasteiger charge is 2.13. The molecule has 0 aliphatic carbocycles. The zero-order chi connectivity index (χ0) is 12.6. The molecule has 2 aromatic rings. The highest BCUT2D eigenvalue weighted by atomic mass is 35.5. The van der Waals surface area contributed by atoms with Gasteiger partial charge in [0.2, 0.25) is 0 Å². The van der Waals surface area contributed by atoms with Gasteiger partial charge in [0.25, 0.3) is 0 Å². The van der Waals surface area contributed by atoms with Gasteiger partial charge in [0, 0.05) is 5.56 Å². The maximum atomic E-state index is 9.11. The number of hydrogen-bond donors (Lipinski definition) is 2. The second kappa shape index (κ2) is 4.51. The first-order chi connectivity index (χ1) is 8.02. The normalized spacial score (nSPS) is 10.9. The van der Waals surface area contributed by atoms with Crippen molar-refractivity contribution < 1.29 is 5.11 Å². The second-order valence-electron chi connectivity index (χ2n) is 4.29. The van der Waals surface area contributed by atoms with Crippen molar-refractivity contribution in [3.05, 3.63) is 39.7 Å². The van der Waals surface area contributed by atoms with Crippen LogP contribution in [0.15, 0.2) is 12.1 Å². The number of hydrogen-bond acceptors (Lipinski definition) is 2. The van der Waals surface area contributed by atoms with Crippen LogP contribution in [0.25, 0.3) is 11.4 Å². The fourth-order valence-electron chi connectivity index (χ4n) is 2.16. The molecule has 2 rings (SSSR count). The van der Waals surface area contributed by atoms with E-state index < -0.39 is 0 Å². The Labute approximate surface area is 105 Å². The molecule has 0 saturated carbocycles. The highest BCUT2D eigenvalue weighted by Crippen LogP contribution is 2.28. The molecule has 0 fully saturated rings. The summed E-state index contributed by atoms with van der Waals surface area (Å²) in [6.45, 7) is 6.03. The van der Waals surface area contributed by atoms with E-state index in [0.717, 1.165) is 16.7 Å². The van der Waals surface area contributed by atoms with Crippen molar-refractivity contribution in [1.82, 2.24) is 9.97 Å². The lowest BCUT2D eigenvalue weighted by molar-refractivity contribution is 0.277. The number of aliphatic hydroxyl groups excluding tert-OH is 1. The first-order valence-electron chi connectivity index (χ1n) is 5.46. The molecular formula is C13H15ClN2O. The number of aromatic amines is 1. The number of nitrogens with one attached hydrogen (secondary N) is 1. The fraction of sp³-hybridized carbons (Fsp3) is 0.308. The van der Waals surface area contributed by atoms with E-state index in [4.69, 9.17) is 16.7 Å². The Hall–Kier alpha value is -1.32. The Morgan fingerprint density at radius 2 is 1.82 bits per heavy atom. The first-order valence-corrected chi connectivity index (χ1v) is 5.84. The van der Waals surface area contributed by atoms with Crippen molar-refractivity contribution >= 4 is 11.6 Å². The van der Waals surface area contributed by atoms with E-state index in [1.807, 2.05) is 13.8 Å². The average molecular weight is 251 g/mol. The van der Waals surface area contributed by atoms with Crippen molar-refractivity contribution in [1.29, 1.82) is 0 Å². The molecule has 0 bridgehead atoms. The van der Waals surface area contributed by atoms with Crippen LogP contribution in [0.1, 0.15) is 22.4 Å². The summed E-state index contributed by atoms with van der Waals surface area (Å²) in [7, 11) is 0. The van der Waals surface area contributed by atoms with Gasteiger partial charge in [-0.1, -0.05) is 29.3 Å². The molecule has 0 spiro atoms. The monoisotopic (exact) mass is 250 g/mol. The molecule has 2 N–H and O–H groups in total. The standard InChI is InChI=1S/C13H15ClN2O/c1-7-4-8(2)11(9(3)5-7)13-15-10(6-17)12(14)16-13/h4-5,17H,6H2,1-3H3,(H,15,16). The summed E-state index contributed by atoms with van der Waals surface area (Å²) >= 11 is 5.93. The summed E-state index contributed by atoms with van der Waals surface area (Å²) in [4.78, 5) is 7.31. The molecule has 0 aliphatic rings. The van der Waals surface area contributed by atoms with Crippen LogP contribution in [0.4, 0.5) is 0 Å². The summed E-state index contributed by atoms with van der Waals surface area (Å²) < 4.78 is 0. The Balaban J connectivity index is 2.60. The third-order valence-corrected chi connectivity index (χ3v) is 3.11. The topological polar surface area (TPSA) is 48.9 Å². The molecule has 1 aromatic carbocycles. The number of H-pyrrole nitrogens is 1. The molecule has 0 amide bonds. The molecule has 0 unspecified atom stereocenters. The van der Waals surface area contributed by atoms with Gasteiger partial charge < -0.3 is 10.1 Å². The maximum absolute atomic E-state index is 9.11. The number of aromatic nitrogens is 2. The number of benzene rings is 1. The van der Waals surface area contributed by atoms with E-state index in [1.165, 1.54) is 5.56 Å². The van der Waals surface area contributed by atoms with E-state index in [-0.39, 0.29) is 6.61 Å². The summed E-state index contributed by atoms with van der Waals surface area (Å²) in [6, 6.07) is 4.22. The molecule has 1 heterocycles. The molecular weight excluding hydrogens is 236 g/mol. The zero-order valence-corrected chi connectivity index (χ0v) is 10.9. The number of rotatable bonds is 2. The smallest absolute Gasteiger partial charge is 0.153 e. The van der Waals surface area contributed by atoms with Crippen LogP contribution >= 0.6 is 11.6 Å². The van der Waals surface area contributed by atoms with Crippen LogP contribution in [0.3, 0.4) is 0 Å². The van der Waals surface area contributed by atoms with Crippen molar-refractivity contribution in [2.24, 2.45) is 0 Å². The third kappa shape index (κ3) is 2.21. The lowest BCUT2D eigenvalue weighted by Crippen LogP contribution is -1.92. The van der Waals surface area contributed by atoms with Crippen molar-refractivity contribution in [2.45, 2.75) is 27.4 Å². The minimum absolute atomic E-state index is 0.129. The Kier molecular flexibility index (Phi) is 3.22. The van der Waals surface area contributed by atoms with Crippen LogP contribution in [0, 0.1) is 20.8 Å². The van der Waals surface area contributed by atoms with Gasteiger partial charge in [-0.25, -0.2) is 4.98 Å². The highest BCUT2D eigenvalue weighted by molar-refractivity contribution is 6.30. The fourth-order valence-corrected chi connectivity index (χ4v) is 2.36.